The van der Waals surface area contributed by atoms with Gasteiger partial charge < -0.3 is 15.0 Å². The number of nitrogens with one attached hydrogen (secondary N) is 1. The predicted molar refractivity (Wildman–Crippen MR) is 76.4 cm³/mol. The Hall–Kier alpha value is -1.22. The van der Waals surface area contributed by atoms with Gasteiger partial charge in [0.05, 0.1) is 7.11 Å². The summed E-state index contributed by atoms with van der Waals surface area (Å²) in [4.78, 5) is 2.52. The molecule has 1 aromatic rings. The van der Waals surface area contributed by atoms with E-state index in [-0.39, 0.29) is 0 Å². The molecule has 2 rings (SSSR count). The van der Waals surface area contributed by atoms with Crippen LogP contribution in [-0.2, 0) is 6.54 Å². The Morgan fingerprint density at radius 3 is 2.50 bits per heavy atom. The highest BCUT2D eigenvalue weighted by Gasteiger charge is 2.15. The molecular formula is C15H24N2O. The summed E-state index contributed by atoms with van der Waals surface area (Å²) in [5.41, 5.74) is 2.62. The first-order chi connectivity index (χ1) is 8.86. The van der Waals surface area contributed by atoms with Gasteiger partial charge in [-0.05, 0) is 32.0 Å². The van der Waals surface area contributed by atoms with Gasteiger partial charge in [0, 0.05) is 30.9 Å². The van der Waals surface area contributed by atoms with Gasteiger partial charge in [0.15, 0.2) is 0 Å². The van der Waals surface area contributed by atoms with Crippen molar-refractivity contribution in [2.45, 2.75) is 32.2 Å². The minimum atomic E-state index is 0.857. The molecule has 0 amide bonds. The maximum Gasteiger partial charge on any atom is 0.125 e. The predicted octanol–water partition coefficient (Wildman–Crippen LogP) is 2.80. The first kappa shape index (κ1) is 13.2. The van der Waals surface area contributed by atoms with E-state index in [9.17, 15) is 0 Å². The van der Waals surface area contributed by atoms with E-state index in [0.717, 1.165) is 12.3 Å². The molecule has 0 unspecified atom stereocenters. The van der Waals surface area contributed by atoms with E-state index < -0.39 is 0 Å². The van der Waals surface area contributed by atoms with Crippen LogP contribution in [0.15, 0.2) is 18.2 Å². The van der Waals surface area contributed by atoms with E-state index in [1.165, 1.54) is 50.0 Å². The van der Waals surface area contributed by atoms with Gasteiger partial charge in [-0.15, -0.1) is 0 Å². The Bertz CT molecular complexity index is 371. The van der Waals surface area contributed by atoms with Gasteiger partial charge in [-0.25, -0.2) is 0 Å². The first-order valence-corrected chi connectivity index (χ1v) is 6.92. The lowest BCUT2D eigenvalue weighted by Crippen LogP contribution is -2.26. The second-order valence-corrected chi connectivity index (χ2v) is 4.89. The molecule has 3 nitrogen and oxygen atoms in total. The average Bonchev–Trinajstić information content (AvgIpc) is 2.68. The van der Waals surface area contributed by atoms with Crippen LogP contribution in [0.5, 0.6) is 5.75 Å². The lowest BCUT2D eigenvalue weighted by molar-refractivity contribution is 0.408. The maximum absolute atomic E-state index is 5.49. The summed E-state index contributed by atoms with van der Waals surface area (Å²) in [5.74, 6) is 0.992. The Morgan fingerprint density at radius 2 is 1.89 bits per heavy atom. The molecule has 1 aromatic carbocycles. The topological polar surface area (TPSA) is 24.5 Å². The summed E-state index contributed by atoms with van der Waals surface area (Å²) in [6, 6.07) is 6.37. The Kier molecular flexibility index (Phi) is 4.88. The van der Waals surface area contributed by atoms with Crippen molar-refractivity contribution >= 4 is 5.69 Å². The first-order valence-electron chi connectivity index (χ1n) is 6.92. The highest BCUT2D eigenvalue weighted by molar-refractivity contribution is 5.59. The van der Waals surface area contributed by atoms with Crippen LogP contribution in [0.25, 0.3) is 0 Å². The number of anilines is 1. The molecule has 0 saturated carbocycles. The Labute approximate surface area is 110 Å². The third-order valence-corrected chi connectivity index (χ3v) is 3.63. The van der Waals surface area contributed by atoms with Gasteiger partial charge >= 0.3 is 0 Å². The van der Waals surface area contributed by atoms with Gasteiger partial charge in [0.2, 0.25) is 0 Å². The Balaban J connectivity index is 2.29. The zero-order chi connectivity index (χ0) is 12.8. The van der Waals surface area contributed by atoms with Gasteiger partial charge in [-0.3, -0.25) is 0 Å². The van der Waals surface area contributed by atoms with Gasteiger partial charge in [0.1, 0.15) is 5.75 Å². The van der Waals surface area contributed by atoms with Crippen LogP contribution in [0.1, 0.15) is 31.2 Å². The molecule has 0 bridgehead atoms. The summed E-state index contributed by atoms with van der Waals surface area (Å²) in [6.45, 7) is 3.20. The van der Waals surface area contributed by atoms with E-state index in [2.05, 4.69) is 22.3 Å². The monoisotopic (exact) mass is 248 g/mol. The minimum Gasteiger partial charge on any atom is -0.496 e. The zero-order valence-corrected chi connectivity index (χ0v) is 11.5. The number of methoxy groups -OCH3 is 1. The van der Waals surface area contributed by atoms with Crippen LogP contribution in [-0.4, -0.2) is 27.2 Å². The molecule has 1 N–H and O–H groups in total. The molecule has 1 aliphatic heterocycles. The van der Waals surface area contributed by atoms with Gasteiger partial charge in [-0.1, -0.05) is 18.9 Å². The number of hydrogen-bond acceptors (Lipinski definition) is 3. The van der Waals surface area contributed by atoms with E-state index in [0.29, 0.717) is 0 Å². The maximum atomic E-state index is 5.49. The van der Waals surface area contributed by atoms with Crippen LogP contribution >= 0.6 is 0 Å². The van der Waals surface area contributed by atoms with Crippen molar-refractivity contribution in [3.8, 4) is 5.75 Å². The van der Waals surface area contributed by atoms with Crippen LogP contribution < -0.4 is 15.0 Å². The van der Waals surface area contributed by atoms with E-state index in [1.807, 2.05) is 13.1 Å². The number of hydrogen-bond donors (Lipinski definition) is 1. The second kappa shape index (κ2) is 6.64. The highest BCUT2D eigenvalue weighted by atomic mass is 16.5. The van der Waals surface area contributed by atoms with E-state index in [1.54, 1.807) is 7.11 Å². The van der Waals surface area contributed by atoms with E-state index in [4.69, 9.17) is 4.74 Å². The fraction of sp³-hybridized carbons (Fsp3) is 0.600. The lowest BCUT2D eigenvalue weighted by Gasteiger charge is -2.26. The lowest BCUT2D eigenvalue weighted by atomic mass is 10.1. The summed E-state index contributed by atoms with van der Waals surface area (Å²) >= 11 is 0. The van der Waals surface area contributed by atoms with Crippen molar-refractivity contribution in [2.24, 2.45) is 0 Å². The highest BCUT2D eigenvalue weighted by Crippen LogP contribution is 2.30. The third-order valence-electron chi connectivity index (χ3n) is 3.63. The molecular weight excluding hydrogens is 224 g/mol. The van der Waals surface area contributed by atoms with E-state index >= 15 is 0 Å². The second-order valence-electron chi connectivity index (χ2n) is 4.89. The quantitative estimate of drug-likeness (QED) is 0.886. The molecule has 0 atom stereocenters. The van der Waals surface area contributed by atoms with Crippen molar-refractivity contribution in [3.05, 3.63) is 23.8 Å². The molecule has 18 heavy (non-hydrogen) atoms. The molecule has 1 saturated heterocycles. The smallest absolute Gasteiger partial charge is 0.125 e. The standard InChI is InChI=1S/C15H24N2O/c1-16-12-13-14(8-7-9-15(13)18-2)17-10-5-3-4-6-11-17/h7-9,16H,3-6,10-12H2,1-2H3. The van der Waals surface area contributed by atoms with Crippen LogP contribution in [0.2, 0.25) is 0 Å². The molecule has 100 valence electrons. The minimum absolute atomic E-state index is 0.857. The van der Waals surface area contributed by atoms with Crippen LogP contribution in [0.3, 0.4) is 0 Å². The normalized spacial score (nSPS) is 16.4. The fourth-order valence-corrected chi connectivity index (χ4v) is 2.71. The average molecular weight is 248 g/mol. The molecule has 0 aromatic heterocycles. The number of ether oxygens (including phenoxy) is 1. The van der Waals surface area contributed by atoms with Crippen molar-refractivity contribution in [3.63, 3.8) is 0 Å². The molecule has 0 aliphatic carbocycles. The number of nitrogens with zero attached hydrogens (tertiary/aromatic N) is 1. The molecule has 1 aliphatic rings. The zero-order valence-electron chi connectivity index (χ0n) is 11.5. The largest absolute Gasteiger partial charge is 0.496 e. The summed E-state index contributed by atoms with van der Waals surface area (Å²) < 4.78 is 5.49. The molecule has 1 fully saturated rings. The van der Waals surface area contributed by atoms with Gasteiger partial charge in [0.25, 0.3) is 0 Å². The molecule has 3 heteroatoms. The Morgan fingerprint density at radius 1 is 1.17 bits per heavy atom. The summed E-state index contributed by atoms with van der Waals surface area (Å²) in [6.07, 6.45) is 5.33. The molecule has 0 radical (unpaired) electrons. The van der Waals surface area contributed by atoms with Crippen LogP contribution in [0, 0.1) is 0 Å². The van der Waals surface area contributed by atoms with Crippen molar-refractivity contribution < 1.29 is 4.74 Å². The molecule has 0 spiro atoms. The van der Waals surface area contributed by atoms with Crippen molar-refractivity contribution in [1.29, 1.82) is 0 Å². The summed E-state index contributed by atoms with van der Waals surface area (Å²) in [7, 11) is 3.74. The third kappa shape index (κ3) is 2.96. The van der Waals surface area contributed by atoms with Gasteiger partial charge in [-0.2, -0.15) is 0 Å². The molecule has 1 heterocycles. The van der Waals surface area contributed by atoms with Crippen LogP contribution in [0.4, 0.5) is 5.69 Å². The van der Waals surface area contributed by atoms with Crippen molar-refractivity contribution in [1.82, 2.24) is 5.32 Å². The number of benzene rings is 1. The van der Waals surface area contributed by atoms with Crippen molar-refractivity contribution in [2.75, 3.05) is 32.1 Å². The summed E-state index contributed by atoms with van der Waals surface area (Å²) in [5, 5.41) is 3.25. The fourth-order valence-electron chi connectivity index (χ4n) is 2.71. The number of rotatable bonds is 4. The SMILES string of the molecule is CNCc1c(OC)cccc1N1CCCCCC1.